The van der Waals surface area contributed by atoms with Gasteiger partial charge in [0.15, 0.2) is 5.82 Å². The minimum absolute atomic E-state index is 0.0602. The molecule has 1 atom stereocenters. The quantitative estimate of drug-likeness (QED) is 0.878. The second kappa shape index (κ2) is 7.21. The van der Waals surface area contributed by atoms with E-state index in [-0.39, 0.29) is 12.1 Å². The molecule has 3 rings (SSSR count). The monoisotopic (exact) mass is 314 g/mol. The van der Waals surface area contributed by atoms with E-state index in [4.69, 9.17) is 0 Å². The Hall–Kier alpha value is -2.44. The van der Waals surface area contributed by atoms with Crippen LogP contribution in [-0.4, -0.2) is 32.3 Å². The van der Waals surface area contributed by atoms with E-state index < -0.39 is 0 Å². The molecule has 0 saturated carbocycles. The van der Waals surface area contributed by atoms with Crippen molar-refractivity contribution in [3.05, 3.63) is 41.7 Å². The molecule has 1 aliphatic heterocycles. The molecule has 2 amide bonds. The molecular weight excluding hydrogens is 292 g/mol. The maximum Gasteiger partial charge on any atom is 0.315 e. The summed E-state index contributed by atoms with van der Waals surface area (Å²) in [5.41, 5.74) is 1.11. The van der Waals surface area contributed by atoms with Crippen molar-refractivity contribution in [2.75, 3.05) is 6.54 Å². The van der Waals surface area contributed by atoms with Gasteiger partial charge in [0.1, 0.15) is 5.82 Å². The molecular formula is C16H22N6O. The van der Waals surface area contributed by atoms with Crippen molar-refractivity contribution in [2.24, 2.45) is 0 Å². The van der Waals surface area contributed by atoms with Crippen LogP contribution in [-0.2, 0) is 19.4 Å². The first-order chi connectivity index (χ1) is 11.3. The highest BCUT2D eigenvalue weighted by atomic mass is 16.2. The molecule has 122 valence electrons. The summed E-state index contributed by atoms with van der Waals surface area (Å²) >= 11 is 0. The molecule has 2 aromatic heterocycles. The van der Waals surface area contributed by atoms with Crippen molar-refractivity contribution in [1.29, 1.82) is 0 Å². The van der Waals surface area contributed by atoms with E-state index >= 15 is 0 Å². The number of amides is 2. The topological polar surface area (TPSA) is 84.7 Å². The van der Waals surface area contributed by atoms with Crippen LogP contribution in [0.15, 0.2) is 24.5 Å². The lowest BCUT2D eigenvalue weighted by atomic mass is 10.1. The molecule has 0 unspecified atom stereocenters. The lowest BCUT2D eigenvalue weighted by molar-refractivity contribution is 0.233. The summed E-state index contributed by atoms with van der Waals surface area (Å²) in [4.78, 5) is 20.7. The minimum atomic E-state index is -0.159. The summed E-state index contributed by atoms with van der Waals surface area (Å²) in [7, 11) is 0. The average Bonchev–Trinajstić information content (AvgIpc) is 3.00. The van der Waals surface area contributed by atoms with Gasteiger partial charge in [0.2, 0.25) is 0 Å². The maximum absolute atomic E-state index is 12.1. The molecule has 7 heteroatoms. The van der Waals surface area contributed by atoms with Gasteiger partial charge in [-0.25, -0.2) is 14.5 Å². The Morgan fingerprint density at radius 2 is 2.39 bits per heavy atom. The van der Waals surface area contributed by atoms with Gasteiger partial charge in [0.25, 0.3) is 0 Å². The highest BCUT2D eigenvalue weighted by Crippen LogP contribution is 2.22. The number of aromatic nitrogens is 4. The zero-order chi connectivity index (χ0) is 16.1. The number of rotatable bonds is 5. The van der Waals surface area contributed by atoms with Crippen molar-refractivity contribution in [3.8, 4) is 0 Å². The van der Waals surface area contributed by atoms with Crippen LogP contribution in [0.25, 0.3) is 0 Å². The number of urea groups is 1. The van der Waals surface area contributed by atoms with Crippen LogP contribution < -0.4 is 10.6 Å². The first kappa shape index (κ1) is 15.5. The standard InChI is InChI=1S/C16H22N6O/c1-2-14-20-15-13(6-4-10-22(15)21-14)19-16(23)18-9-7-12-5-3-8-17-11-12/h3,5,8,11,13H,2,4,6-7,9-10H2,1H3,(H2,18,19,23)/t13-/m1/s1. The lowest BCUT2D eigenvalue weighted by Gasteiger charge is -2.23. The largest absolute Gasteiger partial charge is 0.338 e. The fourth-order valence-electron chi connectivity index (χ4n) is 2.76. The molecule has 0 aromatic carbocycles. The van der Waals surface area contributed by atoms with Crippen molar-refractivity contribution in [2.45, 2.75) is 45.2 Å². The first-order valence-corrected chi connectivity index (χ1v) is 8.13. The van der Waals surface area contributed by atoms with Crippen LogP contribution in [0.2, 0.25) is 0 Å². The van der Waals surface area contributed by atoms with E-state index in [0.29, 0.717) is 6.54 Å². The van der Waals surface area contributed by atoms with Gasteiger partial charge in [-0.1, -0.05) is 13.0 Å². The fourth-order valence-corrected chi connectivity index (χ4v) is 2.76. The third-order valence-electron chi connectivity index (χ3n) is 3.96. The number of hydrogen-bond acceptors (Lipinski definition) is 4. The zero-order valence-corrected chi connectivity index (χ0v) is 13.3. The summed E-state index contributed by atoms with van der Waals surface area (Å²) in [5.74, 6) is 1.71. The van der Waals surface area contributed by atoms with Crippen molar-refractivity contribution in [1.82, 2.24) is 30.4 Å². The molecule has 7 nitrogen and oxygen atoms in total. The molecule has 0 bridgehead atoms. The summed E-state index contributed by atoms with van der Waals surface area (Å²) in [6.45, 7) is 3.50. The van der Waals surface area contributed by atoms with Crippen LogP contribution in [0.1, 0.15) is 43.0 Å². The molecule has 0 saturated heterocycles. The molecule has 0 fully saturated rings. The molecule has 2 aromatic rings. The third kappa shape index (κ3) is 3.85. The van der Waals surface area contributed by atoms with Crippen LogP contribution in [0, 0.1) is 0 Å². The predicted molar refractivity (Wildman–Crippen MR) is 85.9 cm³/mol. The molecule has 2 N–H and O–H groups in total. The average molecular weight is 314 g/mol. The van der Waals surface area contributed by atoms with Gasteiger partial charge in [-0.05, 0) is 30.9 Å². The van der Waals surface area contributed by atoms with Crippen molar-refractivity contribution >= 4 is 6.03 Å². The lowest BCUT2D eigenvalue weighted by Crippen LogP contribution is -2.40. The number of carbonyl (C=O) groups excluding carboxylic acids is 1. The highest BCUT2D eigenvalue weighted by Gasteiger charge is 2.25. The Labute approximate surface area is 135 Å². The van der Waals surface area contributed by atoms with E-state index in [0.717, 1.165) is 49.4 Å². The van der Waals surface area contributed by atoms with Crippen LogP contribution >= 0.6 is 0 Å². The van der Waals surface area contributed by atoms with E-state index in [1.165, 1.54) is 0 Å². The number of pyridine rings is 1. The third-order valence-corrected chi connectivity index (χ3v) is 3.96. The Balaban J connectivity index is 1.51. The number of nitrogens with one attached hydrogen (secondary N) is 2. The number of aryl methyl sites for hydroxylation is 2. The Kier molecular flexibility index (Phi) is 4.85. The molecule has 0 aliphatic carbocycles. The smallest absolute Gasteiger partial charge is 0.315 e. The van der Waals surface area contributed by atoms with Gasteiger partial charge in [-0.15, -0.1) is 0 Å². The van der Waals surface area contributed by atoms with Gasteiger partial charge in [-0.3, -0.25) is 4.98 Å². The predicted octanol–water partition coefficient (Wildman–Crippen LogP) is 1.61. The molecule has 23 heavy (non-hydrogen) atoms. The van der Waals surface area contributed by atoms with Crippen LogP contribution in [0.3, 0.4) is 0 Å². The number of hydrogen-bond donors (Lipinski definition) is 2. The van der Waals surface area contributed by atoms with Gasteiger partial charge >= 0.3 is 6.03 Å². The number of carbonyl (C=O) groups is 1. The number of nitrogens with zero attached hydrogens (tertiary/aromatic N) is 4. The summed E-state index contributed by atoms with van der Waals surface area (Å²) < 4.78 is 1.92. The number of fused-ring (bicyclic) bond motifs is 1. The first-order valence-electron chi connectivity index (χ1n) is 8.13. The second-order valence-corrected chi connectivity index (χ2v) is 5.67. The van der Waals surface area contributed by atoms with Gasteiger partial charge in [-0.2, -0.15) is 5.10 Å². The summed E-state index contributed by atoms with van der Waals surface area (Å²) in [5, 5.41) is 10.4. The van der Waals surface area contributed by atoms with Gasteiger partial charge in [0.05, 0.1) is 6.04 Å². The van der Waals surface area contributed by atoms with E-state index in [9.17, 15) is 4.79 Å². The van der Waals surface area contributed by atoms with Gasteiger partial charge in [0, 0.05) is 31.9 Å². The van der Waals surface area contributed by atoms with Crippen molar-refractivity contribution < 1.29 is 4.79 Å². The minimum Gasteiger partial charge on any atom is -0.338 e. The Morgan fingerprint density at radius 1 is 1.48 bits per heavy atom. The van der Waals surface area contributed by atoms with Crippen LogP contribution in [0.4, 0.5) is 4.79 Å². The fraction of sp³-hybridized carbons (Fsp3) is 0.500. The second-order valence-electron chi connectivity index (χ2n) is 5.67. The van der Waals surface area contributed by atoms with Crippen LogP contribution in [0.5, 0.6) is 0 Å². The normalized spacial score (nSPS) is 16.7. The van der Waals surface area contributed by atoms with E-state index in [1.54, 1.807) is 6.20 Å². The Morgan fingerprint density at radius 3 is 3.17 bits per heavy atom. The maximum atomic E-state index is 12.1. The Bertz CT molecular complexity index is 654. The van der Waals surface area contributed by atoms with Crippen molar-refractivity contribution in [3.63, 3.8) is 0 Å². The molecule has 0 radical (unpaired) electrons. The zero-order valence-electron chi connectivity index (χ0n) is 13.3. The molecule has 0 spiro atoms. The molecule has 3 heterocycles. The highest BCUT2D eigenvalue weighted by molar-refractivity contribution is 5.74. The SMILES string of the molecule is CCc1nc2n(n1)CCC[C@H]2NC(=O)NCCc1cccnc1. The summed E-state index contributed by atoms with van der Waals surface area (Å²) in [6, 6.07) is 3.68. The van der Waals surface area contributed by atoms with E-state index in [1.807, 2.05) is 29.9 Å². The summed E-state index contributed by atoms with van der Waals surface area (Å²) in [6.07, 6.45) is 7.03. The van der Waals surface area contributed by atoms with Gasteiger partial charge < -0.3 is 10.6 Å². The van der Waals surface area contributed by atoms with E-state index in [2.05, 4.69) is 25.7 Å². The molecule has 1 aliphatic rings.